The van der Waals surface area contributed by atoms with Crippen LogP contribution in [0.5, 0.6) is 5.75 Å². The molecule has 0 radical (unpaired) electrons. The normalized spacial score (nSPS) is 15.9. The Labute approximate surface area is 104 Å². The fourth-order valence-corrected chi connectivity index (χ4v) is 1.85. The molecule has 1 amide bonds. The van der Waals surface area contributed by atoms with Crippen LogP contribution in [0.25, 0.3) is 0 Å². The Morgan fingerprint density at radius 2 is 2.06 bits per heavy atom. The molecule has 0 atom stereocenters. The molecule has 1 aromatic rings. The first-order chi connectivity index (χ1) is 8.09. The number of halogens is 1. The molecule has 0 saturated carbocycles. The number of phenols is 1. The summed E-state index contributed by atoms with van der Waals surface area (Å²) in [5, 5.41) is 9.96. The third-order valence-corrected chi connectivity index (χ3v) is 2.97. The number of nitrogens with zero attached hydrogens (tertiary/aromatic N) is 1. The lowest BCUT2D eigenvalue weighted by molar-refractivity contribution is 0.0301. The highest BCUT2D eigenvalue weighted by Gasteiger charge is 2.22. The monoisotopic (exact) mass is 256 g/mol. The smallest absolute Gasteiger partial charge is 0.257 e. The molecule has 1 saturated heterocycles. The summed E-state index contributed by atoms with van der Waals surface area (Å²) in [5.41, 5.74) is 5.96. The van der Waals surface area contributed by atoms with E-state index in [0.29, 0.717) is 26.3 Å². The van der Waals surface area contributed by atoms with Crippen LogP contribution < -0.4 is 5.73 Å². The molecule has 1 heterocycles. The van der Waals surface area contributed by atoms with Crippen molar-refractivity contribution in [3.63, 3.8) is 0 Å². The molecule has 5 nitrogen and oxygen atoms in total. The maximum Gasteiger partial charge on any atom is 0.257 e. The lowest BCUT2D eigenvalue weighted by Gasteiger charge is -2.27. The number of benzene rings is 1. The van der Waals surface area contributed by atoms with Crippen LogP contribution in [0.4, 0.5) is 5.69 Å². The Morgan fingerprint density at radius 3 is 2.71 bits per heavy atom. The number of morpholine rings is 1. The maximum absolute atomic E-state index is 12.1. The Bertz CT molecular complexity index is 445. The Kier molecular flexibility index (Phi) is 3.40. The van der Waals surface area contributed by atoms with E-state index in [4.69, 9.17) is 22.1 Å². The summed E-state index contributed by atoms with van der Waals surface area (Å²) in [5.74, 6) is -0.406. The van der Waals surface area contributed by atoms with Crippen LogP contribution in [0.15, 0.2) is 12.1 Å². The summed E-state index contributed by atoms with van der Waals surface area (Å²) in [4.78, 5) is 13.7. The van der Waals surface area contributed by atoms with Gasteiger partial charge in [-0.15, -0.1) is 0 Å². The number of carbonyl (C=O) groups is 1. The lowest BCUT2D eigenvalue weighted by atomic mass is 10.1. The number of hydrogen-bond acceptors (Lipinski definition) is 4. The second-order valence-corrected chi connectivity index (χ2v) is 4.20. The SMILES string of the molecule is Nc1cc(O)c(C(=O)N2CCOCC2)cc1Cl. The predicted octanol–water partition coefficient (Wildman–Crippen LogP) is 1.10. The number of amides is 1. The zero-order chi connectivity index (χ0) is 12.4. The highest BCUT2D eigenvalue weighted by molar-refractivity contribution is 6.33. The van der Waals surface area contributed by atoms with Gasteiger partial charge in [-0.2, -0.15) is 0 Å². The first kappa shape index (κ1) is 12.0. The summed E-state index contributed by atoms with van der Waals surface area (Å²) in [6, 6.07) is 2.68. The molecule has 92 valence electrons. The van der Waals surface area contributed by atoms with Crippen LogP contribution in [0.1, 0.15) is 10.4 Å². The molecular weight excluding hydrogens is 244 g/mol. The minimum Gasteiger partial charge on any atom is -0.507 e. The molecule has 0 aromatic heterocycles. The van der Waals surface area contributed by atoms with E-state index in [9.17, 15) is 9.90 Å². The second-order valence-electron chi connectivity index (χ2n) is 3.80. The summed E-state index contributed by atoms with van der Waals surface area (Å²) < 4.78 is 5.16. The number of rotatable bonds is 1. The van der Waals surface area contributed by atoms with Crippen molar-refractivity contribution in [3.8, 4) is 5.75 Å². The predicted molar refractivity (Wildman–Crippen MR) is 64.3 cm³/mol. The van der Waals surface area contributed by atoms with Crippen LogP contribution in [0, 0.1) is 0 Å². The Balaban J connectivity index is 2.26. The number of nitrogen functional groups attached to an aromatic ring is 1. The second kappa shape index (κ2) is 4.81. The minimum absolute atomic E-state index is 0.150. The maximum atomic E-state index is 12.1. The van der Waals surface area contributed by atoms with Gasteiger partial charge < -0.3 is 20.5 Å². The Hall–Kier alpha value is -1.46. The van der Waals surface area contributed by atoms with Crippen molar-refractivity contribution in [2.24, 2.45) is 0 Å². The molecule has 17 heavy (non-hydrogen) atoms. The van der Waals surface area contributed by atoms with Gasteiger partial charge in [0.15, 0.2) is 0 Å². The molecule has 0 bridgehead atoms. The molecule has 0 aliphatic carbocycles. The lowest BCUT2D eigenvalue weighted by Crippen LogP contribution is -2.40. The van der Waals surface area contributed by atoms with Gasteiger partial charge in [-0.3, -0.25) is 4.79 Å². The molecule has 1 aliphatic heterocycles. The van der Waals surface area contributed by atoms with Crippen molar-refractivity contribution in [2.75, 3.05) is 32.0 Å². The van der Waals surface area contributed by atoms with Crippen molar-refractivity contribution < 1.29 is 14.6 Å². The summed E-state index contributed by atoms with van der Waals surface area (Å²) in [7, 11) is 0. The molecular formula is C11H13ClN2O3. The minimum atomic E-state index is -0.257. The van der Waals surface area contributed by atoms with E-state index in [1.807, 2.05) is 0 Å². The number of aromatic hydroxyl groups is 1. The molecule has 1 aromatic carbocycles. The molecule has 0 spiro atoms. The van der Waals surface area contributed by atoms with Gasteiger partial charge in [0.2, 0.25) is 0 Å². The van der Waals surface area contributed by atoms with Gasteiger partial charge >= 0.3 is 0 Å². The molecule has 0 unspecified atom stereocenters. The number of hydrogen-bond donors (Lipinski definition) is 2. The van der Waals surface area contributed by atoms with Crippen molar-refractivity contribution in [2.45, 2.75) is 0 Å². The van der Waals surface area contributed by atoms with Gasteiger partial charge in [0.05, 0.1) is 29.5 Å². The molecule has 1 aliphatic rings. The van der Waals surface area contributed by atoms with Crippen LogP contribution in [0.3, 0.4) is 0 Å². The summed E-state index contributed by atoms with van der Waals surface area (Å²) >= 11 is 5.84. The number of anilines is 1. The number of nitrogens with two attached hydrogens (primary N) is 1. The third kappa shape index (κ3) is 2.45. The standard InChI is InChI=1S/C11H13ClN2O3/c12-8-5-7(10(15)6-9(8)13)11(16)14-1-3-17-4-2-14/h5-6,15H,1-4,13H2. The van der Waals surface area contributed by atoms with Gasteiger partial charge in [0.1, 0.15) is 5.75 Å². The average Bonchev–Trinajstić information content (AvgIpc) is 2.34. The van der Waals surface area contributed by atoms with Crippen molar-refractivity contribution >= 4 is 23.2 Å². The third-order valence-electron chi connectivity index (χ3n) is 2.64. The fourth-order valence-electron chi connectivity index (χ4n) is 1.69. The number of carbonyl (C=O) groups excluding carboxylic acids is 1. The van der Waals surface area contributed by atoms with E-state index < -0.39 is 0 Å². The van der Waals surface area contributed by atoms with Gasteiger partial charge in [0.25, 0.3) is 5.91 Å². The number of phenolic OH excluding ortho intramolecular Hbond substituents is 1. The van der Waals surface area contributed by atoms with E-state index in [1.165, 1.54) is 12.1 Å². The van der Waals surface area contributed by atoms with Crippen molar-refractivity contribution in [1.29, 1.82) is 0 Å². The highest BCUT2D eigenvalue weighted by Crippen LogP contribution is 2.29. The van der Waals surface area contributed by atoms with E-state index in [1.54, 1.807) is 4.90 Å². The number of ether oxygens (including phenoxy) is 1. The first-order valence-electron chi connectivity index (χ1n) is 5.24. The largest absolute Gasteiger partial charge is 0.507 e. The highest BCUT2D eigenvalue weighted by atomic mass is 35.5. The van der Waals surface area contributed by atoms with Crippen LogP contribution in [0.2, 0.25) is 5.02 Å². The van der Waals surface area contributed by atoms with E-state index in [0.717, 1.165) is 0 Å². The van der Waals surface area contributed by atoms with E-state index >= 15 is 0 Å². The topological polar surface area (TPSA) is 75.8 Å². The van der Waals surface area contributed by atoms with Crippen molar-refractivity contribution in [1.82, 2.24) is 4.90 Å². The molecule has 6 heteroatoms. The van der Waals surface area contributed by atoms with Crippen LogP contribution in [-0.4, -0.2) is 42.2 Å². The quantitative estimate of drug-likeness (QED) is 0.738. The summed E-state index contributed by atoms with van der Waals surface area (Å²) in [6.45, 7) is 2.05. The molecule has 2 rings (SSSR count). The van der Waals surface area contributed by atoms with Crippen molar-refractivity contribution in [3.05, 3.63) is 22.7 Å². The fraction of sp³-hybridized carbons (Fsp3) is 0.364. The molecule has 1 fully saturated rings. The van der Waals surface area contributed by atoms with Gasteiger partial charge in [-0.1, -0.05) is 11.6 Å². The van der Waals surface area contributed by atoms with Gasteiger partial charge in [0, 0.05) is 19.2 Å². The van der Waals surface area contributed by atoms with Crippen LogP contribution >= 0.6 is 11.6 Å². The zero-order valence-corrected chi connectivity index (χ0v) is 9.91. The Morgan fingerprint density at radius 1 is 1.41 bits per heavy atom. The zero-order valence-electron chi connectivity index (χ0n) is 9.15. The first-order valence-corrected chi connectivity index (χ1v) is 5.62. The van der Waals surface area contributed by atoms with Gasteiger partial charge in [-0.25, -0.2) is 0 Å². The van der Waals surface area contributed by atoms with Gasteiger partial charge in [-0.05, 0) is 6.07 Å². The molecule has 3 N–H and O–H groups in total. The van der Waals surface area contributed by atoms with E-state index in [2.05, 4.69) is 0 Å². The average molecular weight is 257 g/mol. The summed E-state index contributed by atoms with van der Waals surface area (Å²) in [6.07, 6.45) is 0. The van der Waals surface area contributed by atoms with Crippen LogP contribution in [-0.2, 0) is 4.74 Å². The van der Waals surface area contributed by atoms with E-state index in [-0.39, 0.29) is 27.9 Å².